The van der Waals surface area contributed by atoms with Crippen molar-refractivity contribution in [2.24, 2.45) is 0 Å². The van der Waals surface area contributed by atoms with E-state index in [1.807, 2.05) is 24.3 Å². The Kier molecular flexibility index (Phi) is 3.57. The summed E-state index contributed by atoms with van der Waals surface area (Å²) in [5.74, 6) is 1.23. The number of aromatic nitrogens is 2. The first-order chi connectivity index (χ1) is 8.70. The first-order valence-corrected chi connectivity index (χ1v) is 5.41. The predicted molar refractivity (Wildman–Crippen MR) is 63.8 cm³/mol. The van der Waals surface area contributed by atoms with Gasteiger partial charge in [0.1, 0.15) is 5.75 Å². The van der Waals surface area contributed by atoms with Crippen molar-refractivity contribution in [2.75, 3.05) is 7.11 Å². The number of para-hydroxylation sites is 1. The van der Waals surface area contributed by atoms with E-state index >= 15 is 0 Å². The summed E-state index contributed by atoms with van der Waals surface area (Å²) >= 11 is 0. The van der Waals surface area contributed by atoms with Gasteiger partial charge >= 0.3 is 0 Å². The lowest BCUT2D eigenvalue weighted by Gasteiger charge is -2.03. The van der Waals surface area contributed by atoms with Gasteiger partial charge in [0, 0.05) is 6.92 Å². The molecule has 0 saturated heterocycles. The molecule has 0 saturated carbocycles. The average molecular weight is 247 g/mol. The number of rotatable bonds is 4. The maximum absolute atomic E-state index is 10.8. The summed E-state index contributed by atoms with van der Waals surface area (Å²) in [5, 5.41) is 10.4. The van der Waals surface area contributed by atoms with Crippen molar-refractivity contribution < 1.29 is 13.9 Å². The third-order valence-electron chi connectivity index (χ3n) is 2.29. The zero-order chi connectivity index (χ0) is 13.0. The van der Waals surface area contributed by atoms with E-state index in [0.29, 0.717) is 17.5 Å². The van der Waals surface area contributed by atoms with E-state index in [9.17, 15) is 4.79 Å². The molecule has 6 heteroatoms. The SMILES string of the molecule is COc1ccccc1-c1nnc(CNC(C)=O)o1. The van der Waals surface area contributed by atoms with Crippen LogP contribution in [0.3, 0.4) is 0 Å². The Morgan fingerprint density at radius 2 is 2.17 bits per heavy atom. The number of hydrogen-bond donors (Lipinski definition) is 1. The predicted octanol–water partition coefficient (Wildman–Crippen LogP) is 1.38. The van der Waals surface area contributed by atoms with Crippen LogP contribution in [0.5, 0.6) is 5.75 Å². The average Bonchev–Trinajstić information content (AvgIpc) is 2.85. The standard InChI is InChI=1S/C12H13N3O3/c1-8(16)13-7-11-14-15-12(18-11)9-5-3-4-6-10(9)17-2/h3-6H,7H2,1-2H3,(H,13,16). The number of carbonyl (C=O) groups is 1. The highest BCUT2D eigenvalue weighted by molar-refractivity contribution is 5.72. The van der Waals surface area contributed by atoms with Crippen LogP contribution in [0.1, 0.15) is 12.8 Å². The highest BCUT2D eigenvalue weighted by Gasteiger charge is 2.12. The van der Waals surface area contributed by atoms with Crippen LogP contribution in [0, 0.1) is 0 Å². The second-order valence-corrected chi connectivity index (χ2v) is 3.61. The van der Waals surface area contributed by atoms with Crippen molar-refractivity contribution in [3.63, 3.8) is 0 Å². The molecule has 1 aromatic carbocycles. The molecule has 0 radical (unpaired) electrons. The van der Waals surface area contributed by atoms with Crippen molar-refractivity contribution >= 4 is 5.91 Å². The van der Waals surface area contributed by atoms with Crippen molar-refractivity contribution in [1.29, 1.82) is 0 Å². The van der Waals surface area contributed by atoms with Crippen LogP contribution >= 0.6 is 0 Å². The van der Waals surface area contributed by atoms with E-state index in [-0.39, 0.29) is 12.5 Å². The van der Waals surface area contributed by atoms with Gasteiger partial charge < -0.3 is 14.5 Å². The van der Waals surface area contributed by atoms with Gasteiger partial charge in [-0.3, -0.25) is 4.79 Å². The molecular formula is C12H13N3O3. The summed E-state index contributed by atoms with van der Waals surface area (Å²) < 4.78 is 10.7. The third kappa shape index (κ3) is 2.65. The van der Waals surface area contributed by atoms with Gasteiger partial charge in [0.25, 0.3) is 5.89 Å². The molecule has 1 N–H and O–H groups in total. The second-order valence-electron chi connectivity index (χ2n) is 3.61. The molecule has 0 fully saturated rings. The minimum atomic E-state index is -0.146. The molecule has 1 amide bonds. The molecule has 0 spiro atoms. The minimum Gasteiger partial charge on any atom is -0.496 e. The molecular weight excluding hydrogens is 234 g/mol. The van der Waals surface area contributed by atoms with Gasteiger partial charge in [-0.1, -0.05) is 12.1 Å². The van der Waals surface area contributed by atoms with Gasteiger partial charge in [-0.15, -0.1) is 10.2 Å². The monoisotopic (exact) mass is 247 g/mol. The molecule has 1 heterocycles. The Morgan fingerprint density at radius 1 is 1.39 bits per heavy atom. The van der Waals surface area contributed by atoms with Gasteiger partial charge in [0.2, 0.25) is 11.8 Å². The minimum absolute atomic E-state index is 0.146. The Hall–Kier alpha value is -2.37. The number of hydrogen-bond acceptors (Lipinski definition) is 5. The van der Waals surface area contributed by atoms with Gasteiger partial charge in [-0.2, -0.15) is 0 Å². The zero-order valence-corrected chi connectivity index (χ0v) is 10.1. The lowest BCUT2D eigenvalue weighted by molar-refractivity contribution is -0.119. The van der Waals surface area contributed by atoms with Crippen molar-refractivity contribution in [3.8, 4) is 17.2 Å². The number of methoxy groups -OCH3 is 1. The molecule has 2 rings (SSSR count). The first kappa shape index (κ1) is 12.1. The molecule has 6 nitrogen and oxygen atoms in total. The molecule has 0 unspecified atom stereocenters. The number of nitrogens with one attached hydrogen (secondary N) is 1. The summed E-state index contributed by atoms with van der Waals surface area (Å²) in [5.41, 5.74) is 0.724. The fraction of sp³-hybridized carbons (Fsp3) is 0.250. The summed E-state index contributed by atoms with van der Waals surface area (Å²) in [7, 11) is 1.58. The maximum Gasteiger partial charge on any atom is 0.251 e. The van der Waals surface area contributed by atoms with Gasteiger partial charge in [-0.05, 0) is 12.1 Å². The topological polar surface area (TPSA) is 77.3 Å². The Morgan fingerprint density at radius 3 is 2.89 bits per heavy atom. The summed E-state index contributed by atoms with van der Waals surface area (Å²) in [4.78, 5) is 10.8. The van der Waals surface area contributed by atoms with Crippen LogP contribution in [0.4, 0.5) is 0 Å². The van der Waals surface area contributed by atoms with E-state index in [1.54, 1.807) is 7.11 Å². The number of benzene rings is 1. The lowest BCUT2D eigenvalue weighted by Crippen LogP contribution is -2.18. The molecule has 1 aromatic heterocycles. The Labute approximate surface area is 104 Å². The summed E-state index contributed by atoms with van der Waals surface area (Å²) in [6, 6.07) is 7.36. The largest absolute Gasteiger partial charge is 0.496 e. The van der Waals surface area contributed by atoms with E-state index < -0.39 is 0 Å². The summed E-state index contributed by atoms with van der Waals surface area (Å²) in [6.45, 7) is 1.65. The molecule has 94 valence electrons. The summed E-state index contributed by atoms with van der Waals surface area (Å²) in [6.07, 6.45) is 0. The van der Waals surface area contributed by atoms with Crippen LogP contribution in [0.15, 0.2) is 28.7 Å². The lowest BCUT2D eigenvalue weighted by atomic mass is 10.2. The molecule has 0 aliphatic rings. The van der Waals surface area contributed by atoms with Gasteiger partial charge in [0.05, 0.1) is 19.2 Å². The van der Waals surface area contributed by atoms with Crippen molar-refractivity contribution in [2.45, 2.75) is 13.5 Å². The molecule has 0 atom stereocenters. The maximum atomic E-state index is 10.8. The fourth-order valence-corrected chi connectivity index (χ4v) is 1.46. The number of amides is 1. The van der Waals surface area contributed by atoms with E-state index in [2.05, 4.69) is 15.5 Å². The molecule has 0 aliphatic carbocycles. The van der Waals surface area contributed by atoms with Crippen molar-refractivity contribution in [1.82, 2.24) is 15.5 Å². The van der Waals surface area contributed by atoms with Crippen LogP contribution in [-0.4, -0.2) is 23.2 Å². The van der Waals surface area contributed by atoms with Crippen LogP contribution < -0.4 is 10.1 Å². The second kappa shape index (κ2) is 5.31. The smallest absolute Gasteiger partial charge is 0.251 e. The fourth-order valence-electron chi connectivity index (χ4n) is 1.46. The van der Waals surface area contributed by atoms with E-state index in [1.165, 1.54) is 6.92 Å². The normalized spacial score (nSPS) is 10.1. The van der Waals surface area contributed by atoms with Gasteiger partial charge in [-0.25, -0.2) is 0 Å². The number of ether oxygens (including phenoxy) is 1. The number of nitrogens with zero attached hydrogens (tertiary/aromatic N) is 2. The molecule has 18 heavy (non-hydrogen) atoms. The third-order valence-corrected chi connectivity index (χ3v) is 2.29. The first-order valence-electron chi connectivity index (χ1n) is 5.41. The molecule has 0 aliphatic heterocycles. The van der Waals surface area contributed by atoms with Crippen LogP contribution in [0.2, 0.25) is 0 Å². The Balaban J connectivity index is 2.21. The molecule has 0 bridgehead atoms. The van der Waals surface area contributed by atoms with E-state index in [4.69, 9.17) is 9.15 Å². The number of carbonyl (C=O) groups excluding carboxylic acids is 1. The van der Waals surface area contributed by atoms with Gasteiger partial charge in [0.15, 0.2) is 0 Å². The Bertz CT molecular complexity index is 551. The zero-order valence-electron chi connectivity index (χ0n) is 10.1. The highest BCUT2D eigenvalue weighted by atomic mass is 16.5. The van der Waals surface area contributed by atoms with Crippen molar-refractivity contribution in [3.05, 3.63) is 30.2 Å². The quantitative estimate of drug-likeness (QED) is 0.883. The highest BCUT2D eigenvalue weighted by Crippen LogP contribution is 2.28. The van der Waals surface area contributed by atoms with Crippen LogP contribution in [0.25, 0.3) is 11.5 Å². The molecule has 2 aromatic rings. The van der Waals surface area contributed by atoms with E-state index in [0.717, 1.165) is 5.56 Å². The van der Waals surface area contributed by atoms with Crippen LogP contribution in [-0.2, 0) is 11.3 Å².